The van der Waals surface area contributed by atoms with Crippen molar-refractivity contribution in [2.45, 2.75) is 34.3 Å². The number of rotatable bonds is 4. The Balaban J connectivity index is 2.00. The molecule has 0 saturated heterocycles. The van der Waals surface area contributed by atoms with Crippen molar-refractivity contribution in [1.82, 2.24) is 5.32 Å². The molecule has 0 radical (unpaired) electrons. The summed E-state index contributed by atoms with van der Waals surface area (Å²) in [6.45, 7) is 0. The van der Waals surface area contributed by atoms with Crippen LogP contribution in [0.1, 0.15) is 19.3 Å². The topological polar surface area (TPSA) is 38.3 Å². The zero-order valence-corrected chi connectivity index (χ0v) is 11.7. The maximum Gasteiger partial charge on any atom is 0.326 e. The first kappa shape index (κ1) is 12.9. The number of carbonyl (C=O) groups excluding carboxylic acids is 1. The van der Waals surface area contributed by atoms with Gasteiger partial charge >= 0.3 is 5.97 Å². The molecule has 1 fully saturated rings. The molecule has 1 heterocycles. The van der Waals surface area contributed by atoms with Crippen molar-refractivity contribution < 1.29 is 9.53 Å². The molecule has 0 amide bonds. The Bertz CT molecular complexity index is 380. The molecule has 0 aliphatic heterocycles. The van der Waals surface area contributed by atoms with E-state index < -0.39 is 5.54 Å². The number of carbonyl (C=O) groups is 1. The predicted octanol–water partition coefficient (Wildman–Crippen LogP) is 2.52. The fourth-order valence-corrected chi connectivity index (χ4v) is 4.64. The smallest absolute Gasteiger partial charge is 0.326 e. The Hall–Kier alpha value is -0.520. The Labute approximate surface area is 110 Å². The lowest BCUT2D eigenvalue weighted by Crippen LogP contribution is -2.49. The number of nitrogens with one attached hydrogen (secondary N) is 1. The molecule has 2 unspecified atom stereocenters. The van der Waals surface area contributed by atoms with Crippen molar-refractivity contribution in [3.05, 3.63) is 17.5 Å². The maximum absolute atomic E-state index is 11.8. The van der Waals surface area contributed by atoms with E-state index in [4.69, 9.17) is 4.74 Å². The van der Waals surface area contributed by atoms with E-state index in [0.29, 0.717) is 5.25 Å². The zero-order valence-electron chi connectivity index (χ0n) is 10.1. The molecule has 0 aromatic carbocycles. The summed E-state index contributed by atoms with van der Waals surface area (Å²) < 4.78 is 6.23. The fourth-order valence-electron chi connectivity index (χ4n) is 2.31. The van der Waals surface area contributed by atoms with E-state index in [1.165, 1.54) is 11.3 Å². The van der Waals surface area contributed by atoms with Gasteiger partial charge in [-0.15, -0.1) is 23.1 Å². The molecule has 2 rings (SSSR count). The van der Waals surface area contributed by atoms with E-state index in [2.05, 4.69) is 22.8 Å². The zero-order chi connectivity index (χ0) is 12.3. The highest BCUT2D eigenvalue weighted by Gasteiger charge is 2.45. The summed E-state index contributed by atoms with van der Waals surface area (Å²) in [5.74, 6) is -0.130. The molecule has 0 spiro atoms. The van der Waals surface area contributed by atoms with E-state index in [1.807, 2.05) is 18.8 Å². The van der Waals surface area contributed by atoms with Crippen LogP contribution >= 0.6 is 23.1 Å². The Morgan fingerprint density at radius 2 is 2.53 bits per heavy atom. The largest absolute Gasteiger partial charge is 0.468 e. The molecule has 94 valence electrons. The van der Waals surface area contributed by atoms with Crippen molar-refractivity contribution in [3.8, 4) is 0 Å². The van der Waals surface area contributed by atoms with Crippen LogP contribution in [-0.4, -0.2) is 30.9 Å². The van der Waals surface area contributed by atoms with Gasteiger partial charge in [-0.05, 0) is 37.8 Å². The van der Waals surface area contributed by atoms with Crippen molar-refractivity contribution >= 4 is 29.1 Å². The maximum atomic E-state index is 11.8. The molecule has 1 aliphatic rings. The number of esters is 1. The van der Waals surface area contributed by atoms with Crippen molar-refractivity contribution in [1.29, 1.82) is 0 Å². The second-order valence-corrected chi connectivity index (χ2v) is 6.79. The molecule has 2 atom stereocenters. The summed E-state index contributed by atoms with van der Waals surface area (Å²) in [5, 5.41) is 5.74. The summed E-state index contributed by atoms with van der Waals surface area (Å²) in [6.07, 6.45) is 2.76. The summed E-state index contributed by atoms with van der Waals surface area (Å²) >= 11 is 3.63. The minimum atomic E-state index is -0.469. The molecule has 1 aliphatic carbocycles. The second kappa shape index (κ2) is 5.42. The molecular weight excluding hydrogens is 254 g/mol. The van der Waals surface area contributed by atoms with Crippen LogP contribution in [0.25, 0.3) is 0 Å². The minimum Gasteiger partial charge on any atom is -0.468 e. The van der Waals surface area contributed by atoms with E-state index in [-0.39, 0.29) is 5.97 Å². The lowest BCUT2D eigenvalue weighted by atomic mass is 9.98. The molecule has 17 heavy (non-hydrogen) atoms. The number of thioether (sulfide) groups is 1. The van der Waals surface area contributed by atoms with Crippen LogP contribution in [0.15, 0.2) is 21.7 Å². The average Bonchev–Trinajstić information content (AvgIpc) is 2.99. The van der Waals surface area contributed by atoms with E-state index in [1.54, 1.807) is 11.3 Å². The molecular formula is C12H17NO2S2. The Morgan fingerprint density at radius 1 is 1.71 bits per heavy atom. The van der Waals surface area contributed by atoms with Crippen LogP contribution < -0.4 is 5.32 Å². The molecule has 1 aromatic heterocycles. The predicted molar refractivity (Wildman–Crippen MR) is 71.6 cm³/mol. The number of methoxy groups -OCH3 is 1. The van der Waals surface area contributed by atoms with Gasteiger partial charge in [-0.2, -0.15) is 0 Å². The lowest BCUT2D eigenvalue weighted by molar-refractivity contribution is -0.148. The van der Waals surface area contributed by atoms with E-state index in [9.17, 15) is 4.79 Å². The summed E-state index contributed by atoms with van der Waals surface area (Å²) in [5.41, 5.74) is -0.469. The first-order valence-electron chi connectivity index (χ1n) is 5.68. The van der Waals surface area contributed by atoms with Gasteiger partial charge in [0.2, 0.25) is 0 Å². The number of likely N-dealkylation sites (N-methyl/N-ethyl adjacent to an activating group) is 1. The van der Waals surface area contributed by atoms with Crippen molar-refractivity contribution in [2.75, 3.05) is 14.2 Å². The third kappa shape index (κ3) is 2.67. The second-order valence-electron chi connectivity index (χ2n) is 4.24. The normalized spacial score (nSPS) is 28.2. The SMILES string of the molecule is CNC1(C(=O)OC)CCC(Sc2cccs2)C1. The quantitative estimate of drug-likeness (QED) is 0.854. The molecule has 1 aromatic rings. The Kier molecular flexibility index (Phi) is 4.12. The number of thiophene rings is 1. The third-order valence-corrected chi connectivity index (χ3v) is 5.64. The number of ether oxygens (including phenoxy) is 1. The number of hydrogen-bond donors (Lipinski definition) is 1. The molecule has 5 heteroatoms. The van der Waals surface area contributed by atoms with Crippen LogP contribution in [0, 0.1) is 0 Å². The van der Waals surface area contributed by atoms with E-state index in [0.717, 1.165) is 19.3 Å². The van der Waals surface area contributed by atoms with Gasteiger partial charge in [0.05, 0.1) is 11.3 Å². The van der Waals surface area contributed by atoms with Crippen LogP contribution in [0.3, 0.4) is 0 Å². The summed E-state index contributed by atoms with van der Waals surface area (Å²) in [6, 6.07) is 4.19. The van der Waals surface area contributed by atoms with Crippen LogP contribution in [-0.2, 0) is 9.53 Å². The molecule has 3 nitrogen and oxygen atoms in total. The lowest BCUT2D eigenvalue weighted by Gasteiger charge is -2.25. The van der Waals surface area contributed by atoms with Crippen molar-refractivity contribution in [2.24, 2.45) is 0 Å². The minimum absolute atomic E-state index is 0.130. The van der Waals surface area contributed by atoms with Gasteiger partial charge in [-0.25, -0.2) is 0 Å². The average molecular weight is 271 g/mol. The van der Waals surface area contributed by atoms with Gasteiger partial charge in [0.25, 0.3) is 0 Å². The van der Waals surface area contributed by atoms with Crippen LogP contribution in [0.5, 0.6) is 0 Å². The molecule has 1 N–H and O–H groups in total. The number of hydrogen-bond acceptors (Lipinski definition) is 5. The Morgan fingerprint density at radius 3 is 3.12 bits per heavy atom. The van der Waals surface area contributed by atoms with Crippen molar-refractivity contribution in [3.63, 3.8) is 0 Å². The highest BCUT2D eigenvalue weighted by atomic mass is 32.2. The standard InChI is InChI=1S/C12H17NO2S2/c1-13-12(11(14)15-2)6-5-9(8-12)17-10-4-3-7-16-10/h3-4,7,9,13H,5-6,8H2,1-2H3. The molecule has 0 bridgehead atoms. The van der Waals surface area contributed by atoms with Gasteiger partial charge in [0.1, 0.15) is 5.54 Å². The summed E-state index contributed by atoms with van der Waals surface area (Å²) in [4.78, 5) is 11.8. The molecule has 1 saturated carbocycles. The summed E-state index contributed by atoms with van der Waals surface area (Å²) in [7, 11) is 3.30. The van der Waals surface area contributed by atoms with E-state index >= 15 is 0 Å². The third-order valence-electron chi connectivity index (χ3n) is 3.30. The van der Waals surface area contributed by atoms with Crippen LogP contribution in [0.2, 0.25) is 0 Å². The highest BCUT2D eigenvalue weighted by Crippen LogP contribution is 2.41. The van der Waals surface area contributed by atoms with Gasteiger partial charge < -0.3 is 10.1 Å². The van der Waals surface area contributed by atoms with Gasteiger partial charge in [-0.3, -0.25) is 4.79 Å². The van der Waals surface area contributed by atoms with Crippen LogP contribution in [0.4, 0.5) is 0 Å². The monoisotopic (exact) mass is 271 g/mol. The first-order valence-corrected chi connectivity index (χ1v) is 7.43. The fraction of sp³-hybridized carbons (Fsp3) is 0.583. The van der Waals surface area contributed by atoms with Gasteiger partial charge in [-0.1, -0.05) is 6.07 Å². The highest BCUT2D eigenvalue weighted by molar-refractivity contribution is 8.01. The van der Waals surface area contributed by atoms with Gasteiger partial charge in [0, 0.05) is 5.25 Å². The first-order chi connectivity index (χ1) is 8.20. The van der Waals surface area contributed by atoms with Gasteiger partial charge in [0.15, 0.2) is 0 Å².